The van der Waals surface area contributed by atoms with E-state index in [-0.39, 0.29) is 12.1 Å². The van der Waals surface area contributed by atoms with Crippen molar-refractivity contribution in [2.75, 3.05) is 26.9 Å². The summed E-state index contributed by atoms with van der Waals surface area (Å²) in [6, 6.07) is 8.21. The molecule has 2 aliphatic rings. The number of benzene rings is 1. The highest BCUT2D eigenvalue weighted by Crippen LogP contribution is 2.33. The van der Waals surface area contributed by atoms with Gasteiger partial charge in [-0.25, -0.2) is 0 Å². The normalized spacial score (nSPS) is 28.5. The molecule has 1 N–H and O–H groups in total. The zero-order chi connectivity index (χ0) is 16.2. The number of rotatable bonds is 4. The molecule has 0 aromatic heterocycles. The van der Waals surface area contributed by atoms with Crippen LogP contribution in [0.4, 0.5) is 0 Å². The molecule has 5 heteroatoms. The van der Waals surface area contributed by atoms with Crippen molar-refractivity contribution >= 4 is 0 Å². The summed E-state index contributed by atoms with van der Waals surface area (Å²) in [7, 11) is 1.58. The standard InChI is InChI=1S/C18H24N2O3/c1-22-18-6-5-13(9-14(18)10-19)11-20-7-8-23-12-16(20)15-3-2-4-17(15)21/h5-6,9,15-17,21H,2-4,7-8,11-12H2,1H3/t15-,16-,17+/m1/s1. The van der Waals surface area contributed by atoms with Crippen LogP contribution in [-0.2, 0) is 11.3 Å². The number of ether oxygens (including phenoxy) is 2. The molecule has 23 heavy (non-hydrogen) atoms. The lowest BCUT2D eigenvalue weighted by molar-refractivity contribution is -0.0536. The number of aliphatic hydroxyl groups is 1. The number of hydrogen-bond acceptors (Lipinski definition) is 5. The fraction of sp³-hybridized carbons (Fsp3) is 0.611. The quantitative estimate of drug-likeness (QED) is 0.919. The first-order valence-electron chi connectivity index (χ1n) is 8.30. The highest BCUT2D eigenvalue weighted by molar-refractivity contribution is 5.45. The first-order chi connectivity index (χ1) is 11.2. The summed E-state index contributed by atoms with van der Waals surface area (Å²) in [4.78, 5) is 2.39. The van der Waals surface area contributed by atoms with Gasteiger partial charge in [-0.3, -0.25) is 4.90 Å². The highest BCUT2D eigenvalue weighted by Gasteiger charge is 2.37. The summed E-state index contributed by atoms with van der Waals surface area (Å²) in [5.41, 5.74) is 1.66. The molecule has 0 amide bonds. The van der Waals surface area contributed by atoms with E-state index in [1.54, 1.807) is 7.11 Å². The predicted octanol–water partition coefficient (Wildman–Crippen LogP) is 1.93. The molecule has 2 fully saturated rings. The van der Waals surface area contributed by atoms with Crippen molar-refractivity contribution in [3.63, 3.8) is 0 Å². The molecule has 0 spiro atoms. The zero-order valence-corrected chi connectivity index (χ0v) is 13.6. The van der Waals surface area contributed by atoms with Gasteiger partial charge < -0.3 is 14.6 Å². The number of morpholine rings is 1. The van der Waals surface area contributed by atoms with Gasteiger partial charge in [-0.05, 0) is 30.5 Å². The molecular formula is C18H24N2O3. The lowest BCUT2D eigenvalue weighted by Crippen LogP contribution is -2.50. The summed E-state index contributed by atoms with van der Waals surface area (Å²) < 4.78 is 10.9. The van der Waals surface area contributed by atoms with Crippen LogP contribution in [0.3, 0.4) is 0 Å². The molecule has 5 nitrogen and oxygen atoms in total. The molecule has 1 aliphatic carbocycles. The predicted molar refractivity (Wildman–Crippen MR) is 86.1 cm³/mol. The van der Waals surface area contributed by atoms with E-state index in [0.717, 1.165) is 44.5 Å². The van der Waals surface area contributed by atoms with Crippen LogP contribution in [0.5, 0.6) is 5.75 Å². The third kappa shape index (κ3) is 3.50. The molecule has 1 saturated heterocycles. The van der Waals surface area contributed by atoms with E-state index in [1.165, 1.54) is 0 Å². The van der Waals surface area contributed by atoms with Gasteiger partial charge in [-0.1, -0.05) is 12.5 Å². The van der Waals surface area contributed by atoms with Gasteiger partial charge in [0.05, 0.1) is 32.0 Å². The Balaban J connectivity index is 1.75. The molecule has 0 unspecified atom stereocenters. The van der Waals surface area contributed by atoms with Gasteiger partial charge >= 0.3 is 0 Å². The minimum atomic E-state index is -0.213. The van der Waals surface area contributed by atoms with Crippen molar-refractivity contribution in [1.29, 1.82) is 5.26 Å². The average Bonchev–Trinajstić information content (AvgIpc) is 3.01. The molecule has 1 heterocycles. The van der Waals surface area contributed by atoms with Crippen LogP contribution < -0.4 is 4.74 Å². The van der Waals surface area contributed by atoms with Crippen molar-refractivity contribution < 1.29 is 14.6 Å². The Bertz CT molecular complexity index is 584. The van der Waals surface area contributed by atoms with E-state index < -0.39 is 0 Å². The minimum absolute atomic E-state index is 0.213. The third-order valence-electron chi connectivity index (χ3n) is 5.08. The SMILES string of the molecule is COc1ccc(CN2CCOC[C@@H]2[C@H]2CCC[C@@H]2O)cc1C#N. The van der Waals surface area contributed by atoms with Gasteiger partial charge in [0.25, 0.3) is 0 Å². The van der Waals surface area contributed by atoms with E-state index in [9.17, 15) is 10.4 Å². The Labute approximate surface area is 137 Å². The lowest BCUT2D eigenvalue weighted by Gasteiger charge is -2.40. The molecule has 124 valence electrons. The van der Waals surface area contributed by atoms with Gasteiger partial charge in [-0.2, -0.15) is 5.26 Å². The van der Waals surface area contributed by atoms with Crippen LogP contribution in [0.25, 0.3) is 0 Å². The second-order valence-electron chi connectivity index (χ2n) is 6.42. The zero-order valence-electron chi connectivity index (χ0n) is 13.6. The van der Waals surface area contributed by atoms with Gasteiger partial charge in [-0.15, -0.1) is 0 Å². The van der Waals surface area contributed by atoms with Crippen LogP contribution >= 0.6 is 0 Å². The van der Waals surface area contributed by atoms with Gasteiger partial charge in [0, 0.05) is 25.0 Å². The lowest BCUT2D eigenvalue weighted by atomic mass is 9.93. The van der Waals surface area contributed by atoms with Crippen molar-refractivity contribution in [3.8, 4) is 11.8 Å². The van der Waals surface area contributed by atoms with Crippen molar-refractivity contribution in [3.05, 3.63) is 29.3 Å². The minimum Gasteiger partial charge on any atom is -0.495 e. The van der Waals surface area contributed by atoms with Gasteiger partial charge in [0.2, 0.25) is 0 Å². The molecule has 3 atom stereocenters. The van der Waals surface area contributed by atoms with E-state index in [0.29, 0.717) is 23.8 Å². The monoisotopic (exact) mass is 316 g/mol. The smallest absolute Gasteiger partial charge is 0.136 e. The summed E-state index contributed by atoms with van der Waals surface area (Å²) in [6.45, 7) is 3.04. The maximum atomic E-state index is 10.2. The third-order valence-corrected chi connectivity index (χ3v) is 5.08. The highest BCUT2D eigenvalue weighted by atomic mass is 16.5. The fourth-order valence-corrected chi connectivity index (χ4v) is 3.84. The van der Waals surface area contributed by atoms with Gasteiger partial charge in [0.1, 0.15) is 11.8 Å². The Morgan fingerprint density at radius 2 is 2.30 bits per heavy atom. The maximum Gasteiger partial charge on any atom is 0.136 e. The van der Waals surface area contributed by atoms with Crippen LogP contribution in [0.15, 0.2) is 18.2 Å². The molecule has 1 aromatic rings. The molecule has 3 rings (SSSR count). The van der Waals surface area contributed by atoms with Crippen LogP contribution in [0, 0.1) is 17.2 Å². The van der Waals surface area contributed by atoms with Crippen LogP contribution in [-0.4, -0.2) is 49.0 Å². The van der Waals surface area contributed by atoms with E-state index in [1.807, 2.05) is 18.2 Å². The second kappa shape index (κ2) is 7.31. The van der Waals surface area contributed by atoms with Crippen molar-refractivity contribution in [2.45, 2.75) is 38.0 Å². The fourth-order valence-electron chi connectivity index (χ4n) is 3.84. The first kappa shape index (κ1) is 16.3. The summed E-state index contributed by atoms with van der Waals surface area (Å²) in [5.74, 6) is 0.907. The van der Waals surface area contributed by atoms with E-state index in [2.05, 4.69) is 11.0 Å². The molecule has 0 bridgehead atoms. The summed E-state index contributed by atoms with van der Waals surface area (Å²) >= 11 is 0. The number of methoxy groups -OCH3 is 1. The van der Waals surface area contributed by atoms with Crippen LogP contribution in [0.2, 0.25) is 0 Å². The molecular weight excluding hydrogens is 292 g/mol. The van der Waals surface area contributed by atoms with Gasteiger partial charge in [0.15, 0.2) is 0 Å². The van der Waals surface area contributed by atoms with Crippen molar-refractivity contribution in [2.24, 2.45) is 5.92 Å². The topological polar surface area (TPSA) is 65.7 Å². The summed E-state index contributed by atoms with van der Waals surface area (Å²) in [5, 5.41) is 19.5. The molecule has 0 radical (unpaired) electrons. The largest absolute Gasteiger partial charge is 0.495 e. The van der Waals surface area contributed by atoms with Crippen LogP contribution in [0.1, 0.15) is 30.4 Å². The van der Waals surface area contributed by atoms with Crippen molar-refractivity contribution in [1.82, 2.24) is 4.90 Å². The average molecular weight is 316 g/mol. The Morgan fingerprint density at radius 3 is 3.00 bits per heavy atom. The maximum absolute atomic E-state index is 10.2. The Hall–Kier alpha value is -1.61. The number of aliphatic hydroxyl groups excluding tert-OH is 1. The Kier molecular flexibility index (Phi) is 5.16. The second-order valence-corrected chi connectivity index (χ2v) is 6.42. The molecule has 1 aromatic carbocycles. The Morgan fingerprint density at radius 1 is 1.43 bits per heavy atom. The summed E-state index contributed by atoms with van der Waals surface area (Å²) in [6.07, 6.45) is 2.85. The molecule has 1 saturated carbocycles. The first-order valence-corrected chi connectivity index (χ1v) is 8.30. The number of nitriles is 1. The number of nitrogens with zero attached hydrogens (tertiary/aromatic N) is 2. The van der Waals surface area contributed by atoms with E-state index in [4.69, 9.17) is 9.47 Å². The molecule has 1 aliphatic heterocycles. The van der Waals surface area contributed by atoms with E-state index >= 15 is 0 Å². The number of hydrogen-bond donors (Lipinski definition) is 1.